The summed E-state index contributed by atoms with van der Waals surface area (Å²) in [4.78, 5) is 0. The summed E-state index contributed by atoms with van der Waals surface area (Å²) in [5, 5.41) is 35.2. The number of rotatable bonds is 8. The number of hydrazone groups is 2. The molecule has 0 aliphatic rings. The van der Waals surface area contributed by atoms with Gasteiger partial charge in [0.2, 0.25) is 11.9 Å². The average molecular weight is 782 g/mol. The maximum absolute atomic E-state index is 8.17. The Balaban J connectivity index is 0.00000242. The van der Waals surface area contributed by atoms with E-state index in [2.05, 4.69) is 56.0 Å². The fraction of sp³-hybridized carbons (Fsp3) is 0.0625. The van der Waals surface area contributed by atoms with Crippen LogP contribution < -0.4 is 21.5 Å². The molecule has 5 rings (SSSR count). The molecule has 0 aliphatic carbocycles. The minimum Gasteiger partial charge on any atom is -0.351 e. The molecule has 6 N–H and O–H groups in total. The Morgan fingerprint density at radius 1 is 0.500 bits per heavy atom. The third-order valence-electron chi connectivity index (χ3n) is 6.38. The number of benzene rings is 5. The van der Waals surface area contributed by atoms with Crippen LogP contribution in [0.15, 0.2) is 119 Å². The highest BCUT2D eigenvalue weighted by Crippen LogP contribution is 2.31. The Kier molecular flexibility index (Phi) is 12.7. The van der Waals surface area contributed by atoms with Gasteiger partial charge < -0.3 is 10.6 Å². The van der Waals surface area contributed by atoms with E-state index in [4.69, 9.17) is 10.8 Å². The lowest BCUT2D eigenvalue weighted by atomic mass is 9.92. The van der Waals surface area contributed by atoms with Crippen LogP contribution in [0.2, 0.25) is 0 Å². The van der Waals surface area contributed by atoms with Crippen LogP contribution in [0.25, 0.3) is 21.5 Å². The summed E-state index contributed by atoms with van der Waals surface area (Å²) in [7, 11) is 0. The number of nitrogens with one attached hydrogen (secondary N) is 6. The summed E-state index contributed by atoms with van der Waals surface area (Å²) < 4.78 is 0. The highest BCUT2D eigenvalue weighted by molar-refractivity contribution is 14.0. The fourth-order valence-corrected chi connectivity index (χ4v) is 4.45. The number of hydrogen-bond donors (Lipinski definition) is 6. The van der Waals surface area contributed by atoms with E-state index in [0.29, 0.717) is 13.1 Å². The fourth-order valence-electron chi connectivity index (χ4n) is 4.45. The van der Waals surface area contributed by atoms with Crippen molar-refractivity contribution in [2.45, 2.75) is 13.1 Å². The summed E-state index contributed by atoms with van der Waals surface area (Å²) >= 11 is 0. The molecule has 0 unspecified atom stereocenters. The third kappa shape index (κ3) is 8.49. The molecule has 5 aromatic carbocycles. The molecule has 10 heteroatoms. The van der Waals surface area contributed by atoms with Crippen LogP contribution in [0, 0.1) is 10.8 Å². The minimum absolute atomic E-state index is 0. The van der Waals surface area contributed by atoms with Gasteiger partial charge >= 0.3 is 0 Å². The smallest absolute Gasteiger partial charge is 0.209 e. The Morgan fingerprint density at radius 2 is 0.810 bits per heavy atom. The maximum Gasteiger partial charge on any atom is 0.209 e. The highest BCUT2D eigenvalue weighted by atomic mass is 127. The molecule has 0 bridgehead atoms. The van der Waals surface area contributed by atoms with Crippen molar-refractivity contribution in [3.8, 4) is 0 Å². The van der Waals surface area contributed by atoms with Crippen molar-refractivity contribution in [3.05, 3.63) is 131 Å². The SMILES string of the molecule is I.I.N=C(NCc1ccccc1)NN=Cc1c2ccccc2c(C=NNC(=N)NCc2ccccc2)c2ccccc12. The van der Waals surface area contributed by atoms with Crippen LogP contribution in [-0.2, 0) is 13.1 Å². The molecule has 0 amide bonds. The van der Waals surface area contributed by atoms with Gasteiger partial charge in [-0.1, -0.05) is 109 Å². The van der Waals surface area contributed by atoms with E-state index in [9.17, 15) is 0 Å². The van der Waals surface area contributed by atoms with Crippen molar-refractivity contribution in [3.63, 3.8) is 0 Å². The molecule has 42 heavy (non-hydrogen) atoms. The molecule has 0 aliphatic heterocycles. The van der Waals surface area contributed by atoms with Gasteiger partial charge in [0, 0.05) is 24.2 Å². The largest absolute Gasteiger partial charge is 0.351 e. The second-order valence-electron chi connectivity index (χ2n) is 9.09. The molecule has 0 atom stereocenters. The standard InChI is InChI=1S/C32H30N8.2HI/c33-31(35-19-23-11-3-1-4-12-23)39-37-21-29-25-15-7-9-17-27(25)30(28-18-10-8-16-26(28)29)22-38-40-32(34)36-20-24-13-5-2-6-14-24;;/h1-18,21-22H,19-20H2,(H3,33,35,39)(H3,34,36,40);2*1H. The van der Waals surface area contributed by atoms with Gasteiger partial charge in [0.05, 0.1) is 12.4 Å². The van der Waals surface area contributed by atoms with Crippen molar-refractivity contribution < 1.29 is 0 Å². The van der Waals surface area contributed by atoms with Crippen molar-refractivity contribution in [2.75, 3.05) is 0 Å². The van der Waals surface area contributed by atoms with Crippen molar-refractivity contribution in [1.82, 2.24) is 21.5 Å². The van der Waals surface area contributed by atoms with Crippen LogP contribution in [0.1, 0.15) is 22.3 Å². The molecule has 8 nitrogen and oxygen atoms in total. The van der Waals surface area contributed by atoms with Gasteiger partial charge in [-0.2, -0.15) is 10.2 Å². The predicted octanol–water partition coefficient (Wildman–Crippen LogP) is 6.53. The molecule has 5 aromatic rings. The Morgan fingerprint density at radius 3 is 1.14 bits per heavy atom. The molecule has 0 spiro atoms. The topological polar surface area (TPSA) is 121 Å². The first kappa shape index (κ1) is 32.5. The summed E-state index contributed by atoms with van der Waals surface area (Å²) in [5.41, 5.74) is 9.64. The number of halogens is 2. The zero-order valence-corrected chi connectivity index (χ0v) is 27.3. The second-order valence-corrected chi connectivity index (χ2v) is 9.09. The average Bonchev–Trinajstić information content (AvgIpc) is 3.01. The van der Waals surface area contributed by atoms with Gasteiger partial charge in [-0.25, -0.2) is 10.9 Å². The number of hydrogen-bond acceptors (Lipinski definition) is 4. The van der Waals surface area contributed by atoms with Crippen LogP contribution in [-0.4, -0.2) is 24.3 Å². The quantitative estimate of drug-likeness (QED) is 0.0353. The van der Waals surface area contributed by atoms with Crippen molar-refractivity contribution in [1.29, 1.82) is 10.8 Å². The first-order valence-electron chi connectivity index (χ1n) is 12.9. The van der Waals surface area contributed by atoms with Crippen molar-refractivity contribution >= 4 is 93.8 Å². The summed E-state index contributed by atoms with van der Waals surface area (Å²) in [6.45, 7) is 1.07. The first-order valence-corrected chi connectivity index (χ1v) is 12.9. The van der Waals surface area contributed by atoms with Gasteiger partial charge in [-0.05, 0) is 32.7 Å². The Hall–Kier alpha value is -4.04. The van der Waals surface area contributed by atoms with E-state index in [0.717, 1.165) is 43.8 Å². The first-order chi connectivity index (χ1) is 19.7. The maximum atomic E-state index is 8.17. The zero-order chi connectivity index (χ0) is 27.6. The summed E-state index contributed by atoms with van der Waals surface area (Å²) in [5.74, 6) is 0.235. The van der Waals surface area contributed by atoms with Crippen molar-refractivity contribution in [2.24, 2.45) is 10.2 Å². The molecule has 0 saturated heterocycles. The molecule has 0 heterocycles. The van der Waals surface area contributed by atoms with E-state index in [1.807, 2.05) is 84.9 Å². The lowest BCUT2D eigenvalue weighted by molar-refractivity contribution is 0.837. The highest BCUT2D eigenvalue weighted by Gasteiger charge is 2.11. The monoisotopic (exact) mass is 782 g/mol. The van der Waals surface area contributed by atoms with Gasteiger partial charge in [0.15, 0.2) is 0 Å². The Bertz CT molecular complexity index is 1510. The second kappa shape index (κ2) is 16.4. The molecule has 0 fully saturated rings. The number of nitrogens with zero attached hydrogens (tertiary/aromatic N) is 2. The van der Waals surface area contributed by atoms with Crippen LogP contribution in [0.4, 0.5) is 0 Å². The summed E-state index contributed by atoms with van der Waals surface area (Å²) in [6, 6.07) is 36.0. The van der Waals surface area contributed by atoms with E-state index in [-0.39, 0.29) is 59.9 Å². The van der Waals surface area contributed by atoms with E-state index < -0.39 is 0 Å². The molecular weight excluding hydrogens is 750 g/mol. The molecular formula is C32H32I2N8. The van der Waals surface area contributed by atoms with E-state index >= 15 is 0 Å². The lowest BCUT2D eigenvalue weighted by Crippen LogP contribution is -2.32. The normalized spacial score (nSPS) is 10.7. The predicted molar refractivity (Wildman–Crippen MR) is 196 cm³/mol. The molecule has 214 valence electrons. The van der Waals surface area contributed by atoms with Gasteiger partial charge in [0.25, 0.3) is 0 Å². The molecule has 0 radical (unpaired) electrons. The third-order valence-corrected chi connectivity index (χ3v) is 6.38. The van der Waals surface area contributed by atoms with Crippen LogP contribution in [0.3, 0.4) is 0 Å². The number of guanidine groups is 2. The van der Waals surface area contributed by atoms with Gasteiger partial charge in [0.1, 0.15) is 0 Å². The number of fused-ring (bicyclic) bond motifs is 2. The van der Waals surface area contributed by atoms with Crippen LogP contribution >= 0.6 is 48.0 Å². The molecule has 0 aromatic heterocycles. The summed E-state index contributed by atoms with van der Waals surface area (Å²) in [6.07, 6.45) is 3.51. The van der Waals surface area contributed by atoms with E-state index in [1.165, 1.54) is 0 Å². The lowest BCUT2D eigenvalue weighted by Gasteiger charge is -2.13. The van der Waals surface area contributed by atoms with Crippen LogP contribution in [0.5, 0.6) is 0 Å². The molecule has 0 saturated carbocycles. The van der Waals surface area contributed by atoms with Gasteiger partial charge in [-0.15, -0.1) is 48.0 Å². The van der Waals surface area contributed by atoms with Gasteiger partial charge in [-0.3, -0.25) is 10.8 Å². The minimum atomic E-state index is 0. The Labute approximate surface area is 279 Å². The zero-order valence-electron chi connectivity index (χ0n) is 22.7. The van der Waals surface area contributed by atoms with E-state index in [1.54, 1.807) is 12.4 Å².